The Kier molecular flexibility index (Phi) is 4.14. The van der Waals surface area contributed by atoms with E-state index in [0.717, 1.165) is 5.56 Å². The SMILES string of the molecule is Cn1cncc1C(=O)N[C@H](Cc1ccccc1)C(=O)O. The van der Waals surface area contributed by atoms with Gasteiger partial charge >= 0.3 is 5.97 Å². The molecule has 0 unspecified atom stereocenters. The van der Waals surface area contributed by atoms with Crippen molar-refractivity contribution in [3.05, 3.63) is 54.1 Å². The fourth-order valence-corrected chi connectivity index (χ4v) is 1.86. The van der Waals surface area contributed by atoms with Crippen LogP contribution < -0.4 is 5.32 Å². The first kappa shape index (κ1) is 13.8. The van der Waals surface area contributed by atoms with E-state index in [-0.39, 0.29) is 6.42 Å². The molecule has 6 nitrogen and oxygen atoms in total. The average Bonchev–Trinajstić information content (AvgIpc) is 2.85. The second kappa shape index (κ2) is 6.01. The number of benzene rings is 1. The van der Waals surface area contributed by atoms with Crippen LogP contribution >= 0.6 is 0 Å². The summed E-state index contributed by atoms with van der Waals surface area (Å²) in [7, 11) is 1.68. The van der Waals surface area contributed by atoms with E-state index in [2.05, 4.69) is 10.3 Å². The maximum atomic E-state index is 12.0. The van der Waals surface area contributed by atoms with Gasteiger partial charge < -0.3 is 15.0 Å². The second-order valence-corrected chi connectivity index (χ2v) is 4.44. The van der Waals surface area contributed by atoms with Crippen molar-refractivity contribution in [2.75, 3.05) is 0 Å². The van der Waals surface area contributed by atoms with Gasteiger partial charge in [-0.05, 0) is 5.56 Å². The van der Waals surface area contributed by atoms with Crippen LogP contribution in [-0.2, 0) is 18.3 Å². The van der Waals surface area contributed by atoms with Gasteiger partial charge in [0.15, 0.2) is 0 Å². The highest BCUT2D eigenvalue weighted by Gasteiger charge is 2.22. The van der Waals surface area contributed by atoms with Crippen molar-refractivity contribution in [3.63, 3.8) is 0 Å². The maximum Gasteiger partial charge on any atom is 0.326 e. The van der Waals surface area contributed by atoms with Crippen LogP contribution in [0.25, 0.3) is 0 Å². The summed E-state index contributed by atoms with van der Waals surface area (Å²) in [5, 5.41) is 11.7. The molecule has 1 atom stereocenters. The number of aromatic nitrogens is 2. The predicted octanol–water partition coefficient (Wildman–Crippen LogP) is 0.846. The molecule has 0 bridgehead atoms. The van der Waals surface area contributed by atoms with Crippen molar-refractivity contribution in [3.8, 4) is 0 Å². The van der Waals surface area contributed by atoms with Gasteiger partial charge in [-0.15, -0.1) is 0 Å². The van der Waals surface area contributed by atoms with Gasteiger partial charge in [0.2, 0.25) is 0 Å². The molecule has 1 aromatic carbocycles. The van der Waals surface area contributed by atoms with Crippen LogP contribution in [0.4, 0.5) is 0 Å². The minimum absolute atomic E-state index is 0.236. The predicted molar refractivity (Wildman–Crippen MR) is 72.2 cm³/mol. The number of carbonyl (C=O) groups excluding carboxylic acids is 1. The van der Waals surface area contributed by atoms with Crippen LogP contribution in [0.3, 0.4) is 0 Å². The highest BCUT2D eigenvalue weighted by atomic mass is 16.4. The third-order valence-electron chi connectivity index (χ3n) is 2.94. The molecule has 0 saturated heterocycles. The third kappa shape index (κ3) is 3.23. The van der Waals surface area contributed by atoms with Crippen LogP contribution in [0.2, 0.25) is 0 Å². The van der Waals surface area contributed by atoms with E-state index in [4.69, 9.17) is 0 Å². The molecule has 0 aliphatic carbocycles. The number of nitrogens with one attached hydrogen (secondary N) is 1. The Morgan fingerprint density at radius 2 is 2.05 bits per heavy atom. The Labute approximate surface area is 116 Å². The average molecular weight is 273 g/mol. The van der Waals surface area contributed by atoms with Gasteiger partial charge in [-0.1, -0.05) is 30.3 Å². The Hall–Kier alpha value is -2.63. The number of amides is 1. The zero-order valence-corrected chi connectivity index (χ0v) is 11.0. The lowest BCUT2D eigenvalue weighted by atomic mass is 10.1. The Balaban J connectivity index is 2.09. The number of hydrogen-bond acceptors (Lipinski definition) is 3. The summed E-state index contributed by atoms with van der Waals surface area (Å²) in [5.41, 5.74) is 1.18. The fraction of sp³-hybridized carbons (Fsp3) is 0.214. The molecular weight excluding hydrogens is 258 g/mol. The first-order valence-corrected chi connectivity index (χ1v) is 6.12. The number of carbonyl (C=O) groups is 2. The van der Waals surface area contributed by atoms with Crippen molar-refractivity contribution < 1.29 is 14.7 Å². The number of carboxylic acids is 1. The number of aliphatic carboxylic acids is 1. The van der Waals surface area contributed by atoms with E-state index in [0.29, 0.717) is 5.69 Å². The minimum Gasteiger partial charge on any atom is -0.480 e. The van der Waals surface area contributed by atoms with Gasteiger partial charge in [0, 0.05) is 13.5 Å². The normalized spacial score (nSPS) is 11.8. The number of carboxylic acid groups (broad SMARTS) is 1. The summed E-state index contributed by atoms with van der Waals surface area (Å²) < 4.78 is 1.54. The lowest BCUT2D eigenvalue weighted by Gasteiger charge is -2.14. The molecule has 0 saturated carbocycles. The maximum absolute atomic E-state index is 12.0. The summed E-state index contributed by atoms with van der Waals surface area (Å²) in [4.78, 5) is 27.1. The number of aryl methyl sites for hydroxylation is 1. The van der Waals surface area contributed by atoms with Crippen molar-refractivity contribution in [2.24, 2.45) is 7.05 Å². The highest BCUT2D eigenvalue weighted by molar-refractivity contribution is 5.95. The number of rotatable bonds is 5. The number of hydrogen-bond donors (Lipinski definition) is 2. The quantitative estimate of drug-likeness (QED) is 0.845. The van der Waals surface area contributed by atoms with Gasteiger partial charge in [0.25, 0.3) is 5.91 Å². The summed E-state index contributed by atoms with van der Waals surface area (Å²) in [5.74, 6) is -1.52. The van der Waals surface area contributed by atoms with E-state index < -0.39 is 17.9 Å². The van der Waals surface area contributed by atoms with Crippen LogP contribution in [0.1, 0.15) is 16.1 Å². The summed E-state index contributed by atoms with van der Waals surface area (Å²) in [6, 6.07) is 8.19. The van der Waals surface area contributed by atoms with Crippen LogP contribution in [0, 0.1) is 0 Å². The number of imidazole rings is 1. The largest absolute Gasteiger partial charge is 0.480 e. The molecule has 1 aromatic heterocycles. The van der Waals surface area contributed by atoms with Gasteiger partial charge in [-0.25, -0.2) is 9.78 Å². The zero-order valence-electron chi connectivity index (χ0n) is 11.0. The molecule has 2 aromatic rings. The lowest BCUT2D eigenvalue weighted by molar-refractivity contribution is -0.139. The van der Waals surface area contributed by atoms with Crippen molar-refractivity contribution in [1.82, 2.24) is 14.9 Å². The first-order chi connectivity index (χ1) is 9.58. The molecule has 20 heavy (non-hydrogen) atoms. The Bertz CT molecular complexity index is 607. The van der Waals surface area contributed by atoms with E-state index in [1.165, 1.54) is 17.1 Å². The molecule has 0 aliphatic heterocycles. The summed E-state index contributed by atoms with van der Waals surface area (Å²) >= 11 is 0. The second-order valence-electron chi connectivity index (χ2n) is 4.44. The minimum atomic E-state index is -1.07. The first-order valence-electron chi connectivity index (χ1n) is 6.12. The van der Waals surface area contributed by atoms with Gasteiger partial charge in [0.1, 0.15) is 11.7 Å². The molecule has 2 N–H and O–H groups in total. The standard InChI is InChI=1S/C14H15N3O3/c1-17-9-15-8-12(17)13(18)16-11(14(19)20)7-10-5-3-2-4-6-10/h2-6,8-9,11H,7H2,1H3,(H,16,18)(H,19,20)/t11-/m1/s1. The molecule has 1 heterocycles. The van der Waals surface area contributed by atoms with Crippen molar-refractivity contribution >= 4 is 11.9 Å². The fourth-order valence-electron chi connectivity index (χ4n) is 1.86. The number of nitrogens with zero attached hydrogens (tertiary/aromatic N) is 2. The Morgan fingerprint density at radius 1 is 1.35 bits per heavy atom. The van der Waals surface area contributed by atoms with E-state index in [9.17, 15) is 14.7 Å². The molecular formula is C14H15N3O3. The van der Waals surface area contributed by atoms with Crippen LogP contribution in [0.5, 0.6) is 0 Å². The summed E-state index contributed by atoms with van der Waals surface area (Å²) in [6.07, 6.45) is 3.12. The topological polar surface area (TPSA) is 84.2 Å². The van der Waals surface area contributed by atoms with Crippen molar-refractivity contribution in [1.29, 1.82) is 0 Å². The van der Waals surface area contributed by atoms with E-state index in [1.807, 2.05) is 30.3 Å². The highest BCUT2D eigenvalue weighted by Crippen LogP contribution is 2.05. The van der Waals surface area contributed by atoms with Gasteiger partial charge in [0.05, 0.1) is 12.5 Å². The molecule has 0 fully saturated rings. The van der Waals surface area contributed by atoms with Crippen molar-refractivity contribution in [2.45, 2.75) is 12.5 Å². The smallest absolute Gasteiger partial charge is 0.326 e. The van der Waals surface area contributed by atoms with E-state index in [1.54, 1.807) is 7.05 Å². The molecule has 104 valence electrons. The summed E-state index contributed by atoms with van der Waals surface area (Å²) in [6.45, 7) is 0. The molecule has 2 rings (SSSR count). The molecule has 1 amide bonds. The molecule has 0 spiro atoms. The Morgan fingerprint density at radius 3 is 2.60 bits per heavy atom. The van der Waals surface area contributed by atoms with Crippen LogP contribution in [0.15, 0.2) is 42.9 Å². The molecule has 0 aliphatic rings. The third-order valence-corrected chi connectivity index (χ3v) is 2.94. The molecule has 6 heteroatoms. The zero-order chi connectivity index (χ0) is 14.5. The molecule has 0 radical (unpaired) electrons. The van der Waals surface area contributed by atoms with Gasteiger partial charge in [-0.3, -0.25) is 4.79 Å². The monoisotopic (exact) mass is 273 g/mol. The van der Waals surface area contributed by atoms with Crippen LogP contribution in [-0.4, -0.2) is 32.6 Å². The van der Waals surface area contributed by atoms with E-state index >= 15 is 0 Å². The lowest BCUT2D eigenvalue weighted by Crippen LogP contribution is -2.42. The van der Waals surface area contributed by atoms with Gasteiger partial charge in [-0.2, -0.15) is 0 Å².